The summed E-state index contributed by atoms with van der Waals surface area (Å²) >= 11 is 5.11. The van der Waals surface area contributed by atoms with Crippen molar-refractivity contribution in [1.29, 1.82) is 0 Å². The Balaban J connectivity index is 0. The molecule has 0 aromatic carbocycles. The number of aliphatic carboxylic acids is 2. The third-order valence-corrected chi connectivity index (χ3v) is 1.25. The molecule has 4 nitrogen and oxygen atoms in total. The number of alkyl halides is 1. The van der Waals surface area contributed by atoms with Gasteiger partial charge in [-0.3, -0.25) is 0 Å². The molecule has 6 heteroatoms. The van der Waals surface area contributed by atoms with E-state index < -0.39 is 17.3 Å². The third-order valence-electron chi connectivity index (χ3n) is 0.858. The molecule has 0 aliphatic rings. The van der Waals surface area contributed by atoms with E-state index in [2.05, 4.69) is 0 Å². The first-order valence-electron chi connectivity index (χ1n) is 2.59. The fourth-order valence-corrected chi connectivity index (χ4v) is 0.472. The second-order valence-electron chi connectivity index (χ2n) is 1.70. The maximum atomic E-state index is 9.86. The first-order chi connectivity index (χ1) is 4.54. The van der Waals surface area contributed by atoms with Gasteiger partial charge in [0.05, 0.1) is 11.3 Å². The van der Waals surface area contributed by atoms with Crippen molar-refractivity contribution in [2.24, 2.45) is 0 Å². The SMILES string of the molecule is O=C([O-])CCC(Cl)C(=O)[O-].[Ag+2]. The number of carbonyl (C=O) groups is 2. The van der Waals surface area contributed by atoms with Gasteiger partial charge in [0.1, 0.15) is 0 Å². The predicted octanol–water partition coefficient (Wildman–Crippen LogP) is -2.13. The average molecular weight is 272 g/mol. The van der Waals surface area contributed by atoms with Crippen LogP contribution in [0.25, 0.3) is 0 Å². The second kappa shape index (κ2) is 6.67. The van der Waals surface area contributed by atoms with Crippen molar-refractivity contribution in [1.82, 2.24) is 0 Å². The molecule has 0 rings (SSSR count). The fraction of sp³-hybridized carbons (Fsp3) is 0.600. The van der Waals surface area contributed by atoms with Crippen LogP contribution in [0.15, 0.2) is 0 Å². The maximum Gasteiger partial charge on any atom is 2.00 e. The van der Waals surface area contributed by atoms with Crippen LogP contribution in [0.3, 0.4) is 0 Å². The van der Waals surface area contributed by atoms with Crippen LogP contribution in [0.4, 0.5) is 0 Å². The Hall–Kier alpha value is -0.0297. The van der Waals surface area contributed by atoms with Crippen LogP contribution in [0, 0.1) is 0 Å². The molecule has 0 spiro atoms. The molecule has 1 radical (unpaired) electrons. The Morgan fingerprint density at radius 1 is 1.36 bits per heavy atom. The molecule has 0 N–H and O–H groups in total. The van der Waals surface area contributed by atoms with E-state index in [1.54, 1.807) is 0 Å². The van der Waals surface area contributed by atoms with Gasteiger partial charge in [-0.15, -0.1) is 11.6 Å². The number of carbonyl (C=O) groups excluding carboxylic acids is 2. The Kier molecular flexibility index (Phi) is 8.21. The van der Waals surface area contributed by atoms with E-state index in [4.69, 9.17) is 11.6 Å². The molecule has 11 heavy (non-hydrogen) atoms. The molecule has 0 saturated heterocycles. The van der Waals surface area contributed by atoms with Gasteiger partial charge in [0.2, 0.25) is 0 Å². The Morgan fingerprint density at radius 3 is 2.09 bits per heavy atom. The van der Waals surface area contributed by atoms with Crippen molar-refractivity contribution in [3.05, 3.63) is 0 Å². The minimum absolute atomic E-state index is 0. The zero-order valence-electron chi connectivity index (χ0n) is 5.30. The summed E-state index contributed by atoms with van der Waals surface area (Å²) in [5, 5.41) is 18.4. The monoisotopic (exact) mass is 271 g/mol. The molecule has 0 amide bonds. The number of hydrogen-bond donors (Lipinski definition) is 0. The van der Waals surface area contributed by atoms with Crippen molar-refractivity contribution in [2.45, 2.75) is 18.2 Å². The van der Waals surface area contributed by atoms with Crippen LogP contribution < -0.4 is 10.2 Å². The van der Waals surface area contributed by atoms with Crippen molar-refractivity contribution < 1.29 is 42.2 Å². The molecule has 0 heterocycles. The summed E-state index contributed by atoms with van der Waals surface area (Å²) in [6.45, 7) is 0. The molecule has 0 fully saturated rings. The number of hydrogen-bond acceptors (Lipinski definition) is 4. The number of halogens is 1. The molecule has 67 valence electrons. The zero-order valence-corrected chi connectivity index (χ0v) is 7.54. The van der Waals surface area contributed by atoms with Crippen LogP contribution in [-0.4, -0.2) is 17.3 Å². The van der Waals surface area contributed by atoms with Crippen molar-refractivity contribution in [3.8, 4) is 0 Å². The molecule has 0 aliphatic heterocycles. The summed E-state index contributed by atoms with van der Waals surface area (Å²) in [7, 11) is 0. The van der Waals surface area contributed by atoms with E-state index in [9.17, 15) is 19.8 Å². The van der Waals surface area contributed by atoms with Gasteiger partial charge in [-0.05, 0) is 12.8 Å². The molecular formula is C5H5AgClO4. The van der Waals surface area contributed by atoms with Gasteiger partial charge in [0.25, 0.3) is 0 Å². The van der Waals surface area contributed by atoms with Crippen molar-refractivity contribution >= 4 is 23.5 Å². The molecule has 1 unspecified atom stereocenters. The standard InChI is InChI=1S/C5H7ClO4.Ag/c6-3(5(9)10)1-2-4(7)8;/h3H,1-2H2,(H,7,8)(H,9,10);/q;+2/p-2. The summed E-state index contributed by atoms with van der Waals surface area (Å²) in [5.41, 5.74) is 0. The van der Waals surface area contributed by atoms with Gasteiger partial charge in [-0.25, -0.2) is 0 Å². The van der Waals surface area contributed by atoms with Crippen LogP contribution in [0.1, 0.15) is 12.8 Å². The fourth-order valence-electron chi connectivity index (χ4n) is 0.362. The topological polar surface area (TPSA) is 80.3 Å². The number of carboxylic acid groups (broad SMARTS) is 2. The molecule has 0 saturated carbocycles. The minimum atomic E-state index is -1.46. The largest absolute Gasteiger partial charge is 2.00 e. The summed E-state index contributed by atoms with van der Waals surface area (Å²) in [6, 6.07) is 0. The summed E-state index contributed by atoms with van der Waals surface area (Å²) in [6.07, 6.45) is -0.519. The second-order valence-corrected chi connectivity index (χ2v) is 2.22. The minimum Gasteiger partial charge on any atom is -0.550 e. The van der Waals surface area contributed by atoms with Crippen LogP contribution >= 0.6 is 11.6 Å². The molecule has 0 aromatic rings. The Bertz CT molecular complexity index is 149. The smallest absolute Gasteiger partial charge is 0.550 e. The van der Waals surface area contributed by atoms with Gasteiger partial charge in [0, 0.05) is 5.97 Å². The Labute approximate surface area is 84.0 Å². The van der Waals surface area contributed by atoms with Crippen molar-refractivity contribution in [2.75, 3.05) is 0 Å². The van der Waals surface area contributed by atoms with Gasteiger partial charge in [-0.2, -0.15) is 0 Å². The van der Waals surface area contributed by atoms with E-state index in [1.807, 2.05) is 0 Å². The van der Waals surface area contributed by atoms with Gasteiger partial charge in [0.15, 0.2) is 0 Å². The predicted molar refractivity (Wildman–Crippen MR) is 28.9 cm³/mol. The van der Waals surface area contributed by atoms with Crippen LogP contribution in [-0.2, 0) is 32.0 Å². The maximum absolute atomic E-state index is 9.86. The van der Waals surface area contributed by atoms with E-state index in [1.165, 1.54) is 0 Å². The zero-order chi connectivity index (χ0) is 8.15. The van der Waals surface area contributed by atoms with Crippen LogP contribution in [0.5, 0.6) is 0 Å². The summed E-state index contributed by atoms with van der Waals surface area (Å²) in [5.74, 6) is -2.77. The summed E-state index contributed by atoms with van der Waals surface area (Å²) < 4.78 is 0. The van der Waals surface area contributed by atoms with Gasteiger partial charge in [-0.1, -0.05) is 0 Å². The molecule has 0 aliphatic carbocycles. The van der Waals surface area contributed by atoms with E-state index in [0.29, 0.717) is 0 Å². The van der Waals surface area contributed by atoms with Gasteiger partial charge < -0.3 is 19.8 Å². The molecule has 1 atom stereocenters. The first kappa shape index (κ1) is 13.6. The van der Waals surface area contributed by atoms with Crippen molar-refractivity contribution in [3.63, 3.8) is 0 Å². The summed E-state index contributed by atoms with van der Waals surface area (Å²) in [4.78, 5) is 19.6. The normalized spacial score (nSPS) is 11.4. The van der Waals surface area contributed by atoms with E-state index in [-0.39, 0.29) is 35.2 Å². The Morgan fingerprint density at radius 2 is 1.82 bits per heavy atom. The van der Waals surface area contributed by atoms with E-state index >= 15 is 0 Å². The van der Waals surface area contributed by atoms with E-state index in [0.717, 1.165) is 0 Å². The van der Waals surface area contributed by atoms with Gasteiger partial charge >= 0.3 is 22.4 Å². The quantitative estimate of drug-likeness (QED) is 0.432. The third kappa shape index (κ3) is 7.87. The number of rotatable bonds is 4. The first-order valence-corrected chi connectivity index (χ1v) is 3.02. The number of carboxylic acids is 2. The molecule has 0 aromatic heterocycles. The molecular weight excluding hydrogens is 267 g/mol. The molecule has 0 bridgehead atoms. The average Bonchev–Trinajstić information content (AvgIpc) is 1.82. The van der Waals surface area contributed by atoms with Crippen LogP contribution in [0.2, 0.25) is 0 Å².